The van der Waals surface area contributed by atoms with Crippen molar-refractivity contribution in [3.05, 3.63) is 82.8 Å². The number of carbonyl (C=O) groups excluding carboxylic acids is 2. The highest BCUT2D eigenvalue weighted by atomic mass is 19.4. The molecule has 0 radical (unpaired) electrons. The zero-order chi connectivity index (χ0) is 31.2. The lowest BCUT2D eigenvalue weighted by molar-refractivity contribution is -0.143. The fraction of sp³-hybridized carbons (Fsp3) is 0.379. The zero-order valence-electron chi connectivity index (χ0n) is 23.0. The van der Waals surface area contributed by atoms with Gasteiger partial charge in [-0.15, -0.1) is 0 Å². The van der Waals surface area contributed by atoms with Crippen LogP contribution in [-0.2, 0) is 35.0 Å². The average Bonchev–Trinajstić information content (AvgIpc) is 3.64. The molecule has 4 rings (SSSR count). The van der Waals surface area contributed by atoms with Crippen LogP contribution in [0.15, 0.2) is 59.2 Å². The van der Waals surface area contributed by atoms with Crippen molar-refractivity contribution >= 4 is 11.8 Å². The number of furan rings is 1. The van der Waals surface area contributed by atoms with E-state index in [0.717, 1.165) is 4.90 Å². The molecule has 0 unspecified atom stereocenters. The number of alkyl halides is 6. The van der Waals surface area contributed by atoms with Gasteiger partial charge in [0.1, 0.15) is 12.3 Å². The maximum atomic E-state index is 13.6. The minimum absolute atomic E-state index is 0.0248. The van der Waals surface area contributed by atoms with E-state index >= 15 is 0 Å². The molecule has 0 N–H and O–H groups in total. The highest BCUT2D eigenvalue weighted by Gasteiger charge is 2.38. The normalized spacial score (nSPS) is 12.8. The van der Waals surface area contributed by atoms with Gasteiger partial charge in [0.15, 0.2) is 11.5 Å². The number of hydrogen-bond acceptors (Lipinski definition) is 6. The second-order valence-corrected chi connectivity index (χ2v) is 9.59. The number of carbonyl (C=O) groups is 2. The summed E-state index contributed by atoms with van der Waals surface area (Å²) in [5.74, 6) is -0.376. The zero-order valence-corrected chi connectivity index (χ0v) is 23.0. The Bertz CT molecular complexity index is 1380. The van der Waals surface area contributed by atoms with Crippen LogP contribution in [0, 0.1) is 0 Å². The number of benzene rings is 2. The first kappa shape index (κ1) is 31.7. The maximum absolute atomic E-state index is 13.6. The van der Waals surface area contributed by atoms with Gasteiger partial charge in [-0.2, -0.15) is 26.3 Å². The first-order chi connectivity index (χ1) is 20.3. The van der Waals surface area contributed by atoms with Crippen molar-refractivity contribution < 1.29 is 54.6 Å². The molecule has 2 heterocycles. The van der Waals surface area contributed by atoms with E-state index in [1.54, 1.807) is 37.3 Å². The number of nitrogens with zero attached hydrogens (tertiary/aromatic N) is 2. The molecule has 0 saturated carbocycles. The number of rotatable bonds is 12. The van der Waals surface area contributed by atoms with Gasteiger partial charge < -0.3 is 28.4 Å². The van der Waals surface area contributed by atoms with Crippen molar-refractivity contribution in [3.8, 4) is 11.5 Å². The van der Waals surface area contributed by atoms with Crippen molar-refractivity contribution in [2.75, 3.05) is 33.1 Å². The lowest BCUT2D eigenvalue weighted by Gasteiger charge is -2.28. The first-order valence-corrected chi connectivity index (χ1v) is 13.2. The molecule has 1 aliphatic rings. The highest BCUT2D eigenvalue weighted by Crippen LogP contribution is 2.37. The molecule has 14 heteroatoms. The van der Waals surface area contributed by atoms with Gasteiger partial charge in [0.25, 0.3) is 5.91 Å². The van der Waals surface area contributed by atoms with Gasteiger partial charge in [-0.25, -0.2) is 0 Å². The van der Waals surface area contributed by atoms with Gasteiger partial charge >= 0.3 is 12.4 Å². The van der Waals surface area contributed by atoms with Gasteiger partial charge in [-0.05, 0) is 61.4 Å². The van der Waals surface area contributed by atoms with Crippen LogP contribution in [0.3, 0.4) is 0 Å². The fourth-order valence-corrected chi connectivity index (χ4v) is 4.36. The monoisotopic (exact) mass is 614 g/mol. The van der Waals surface area contributed by atoms with Crippen LogP contribution in [-0.4, -0.2) is 54.7 Å². The molecule has 3 aromatic rings. The van der Waals surface area contributed by atoms with Gasteiger partial charge in [-0.1, -0.05) is 6.07 Å². The van der Waals surface area contributed by atoms with Crippen LogP contribution in [0.1, 0.15) is 46.2 Å². The Morgan fingerprint density at radius 2 is 1.58 bits per heavy atom. The molecular weight excluding hydrogens is 586 g/mol. The molecule has 43 heavy (non-hydrogen) atoms. The summed E-state index contributed by atoms with van der Waals surface area (Å²) in [6, 6.07) is 8.95. The molecule has 0 bridgehead atoms. The van der Waals surface area contributed by atoms with Crippen molar-refractivity contribution in [1.29, 1.82) is 0 Å². The summed E-state index contributed by atoms with van der Waals surface area (Å²) in [7, 11) is 0. The molecule has 1 aromatic heterocycles. The second kappa shape index (κ2) is 13.4. The molecule has 0 spiro atoms. The van der Waals surface area contributed by atoms with Gasteiger partial charge in [-0.3, -0.25) is 9.59 Å². The van der Waals surface area contributed by atoms with E-state index in [1.807, 2.05) is 0 Å². The summed E-state index contributed by atoms with van der Waals surface area (Å²) >= 11 is 0. The van der Waals surface area contributed by atoms with Crippen molar-refractivity contribution in [2.24, 2.45) is 0 Å². The third-order valence-electron chi connectivity index (χ3n) is 6.46. The first-order valence-electron chi connectivity index (χ1n) is 13.2. The summed E-state index contributed by atoms with van der Waals surface area (Å²) in [6.07, 6.45) is -8.70. The van der Waals surface area contributed by atoms with E-state index in [4.69, 9.17) is 18.6 Å². The Kier molecular flexibility index (Phi) is 9.89. The topological polar surface area (TPSA) is 81.5 Å². The van der Waals surface area contributed by atoms with Crippen LogP contribution >= 0.6 is 0 Å². The van der Waals surface area contributed by atoms with E-state index in [1.165, 1.54) is 11.2 Å². The molecular formula is C29H28F6N2O6. The Morgan fingerprint density at radius 1 is 0.884 bits per heavy atom. The van der Waals surface area contributed by atoms with Crippen molar-refractivity contribution in [3.63, 3.8) is 0 Å². The minimum atomic E-state index is -5.14. The summed E-state index contributed by atoms with van der Waals surface area (Å²) in [4.78, 5) is 29.4. The maximum Gasteiger partial charge on any atom is 0.416 e. The van der Waals surface area contributed by atoms with E-state index in [2.05, 4.69) is 0 Å². The van der Waals surface area contributed by atoms with Crippen molar-refractivity contribution in [2.45, 2.75) is 38.8 Å². The van der Waals surface area contributed by atoms with Crippen LogP contribution in [0.4, 0.5) is 26.3 Å². The number of ether oxygens (including phenoxy) is 3. The van der Waals surface area contributed by atoms with Gasteiger partial charge in [0.05, 0.1) is 23.9 Å². The molecule has 1 aliphatic heterocycles. The molecule has 232 valence electrons. The molecule has 0 atom stereocenters. The standard InChI is InChI=1S/C29H28F6N2O6/c1-2-40-9-4-8-36(27(39)20-12-21(28(30,31)32)14-22(13-20)29(33,34)35)17-26(38)37(16-23-5-3-10-41-23)15-19-6-7-24-25(11-19)43-18-42-24/h3,5-7,10-14H,2,4,8-9,15-18H2,1H3. The number of halogens is 6. The van der Waals surface area contributed by atoms with E-state index in [-0.39, 0.29) is 45.5 Å². The third-order valence-corrected chi connectivity index (χ3v) is 6.46. The van der Waals surface area contributed by atoms with Crippen LogP contribution < -0.4 is 9.47 Å². The number of amides is 2. The lowest BCUT2D eigenvalue weighted by atomic mass is 10.0. The van der Waals surface area contributed by atoms with E-state index < -0.39 is 47.4 Å². The smallest absolute Gasteiger partial charge is 0.416 e. The Morgan fingerprint density at radius 3 is 2.21 bits per heavy atom. The second-order valence-electron chi connectivity index (χ2n) is 9.59. The molecule has 0 saturated heterocycles. The lowest BCUT2D eigenvalue weighted by Crippen LogP contribution is -2.43. The minimum Gasteiger partial charge on any atom is -0.467 e. The predicted octanol–water partition coefficient (Wildman–Crippen LogP) is 6.14. The summed E-state index contributed by atoms with van der Waals surface area (Å²) in [6.45, 7) is 1.48. The SMILES string of the molecule is CCOCCCN(CC(=O)N(Cc1ccc2c(c1)OCO2)Cc1ccco1)C(=O)c1cc(C(F)(F)F)cc(C(F)(F)F)c1. The van der Waals surface area contributed by atoms with E-state index in [0.29, 0.717) is 41.6 Å². The average molecular weight is 615 g/mol. The van der Waals surface area contributed by atoms with Gasteiger partial charge in [0, 0.05) is 31.9 Å². The molecule has 2 aromatic carbocycles. The molecule has 2 amide bonds. The Labute approximate surface area is 242 Å². The molecule has 8 nitrogen and oxygen atoms in total. The highest BCUT2D eigenvalue weighted by molar-refractivity contribution is 5.97. The largest absolute Gasteiger partial charge is 0.467 e. The Hall–Kier alpha value is -4.20. The third kappa shape index (κ3) is 8.43. The molecule has 0 aliphatic carbocycles. The predicted molar refractivity (Wildman–Crippen MR) is 139 cm³/mol. The quantitative estimate of drug-likeness (QED) is 0.180. The summed E-state index contributed by atoms with van der Waals surface area (Å²) in [5, 5.41) is 0. The number of hydrogen-bond donors (Lipinski definition) is 0. The van der Waals surface area contributed by atoms with Crippen LogP contribution in [0.2, 0.25) is 0 Å². The fourth-order valence-electron chi connectivity index (χ4n) is 4.36. The van der Waals surface area contributed by atoms with Crippen LogP contribution in [0.25, 0.3) is 0 Å². The van der Waals surface area contributed by atoms with E-state index in [9.17, 15) is 35.9 Å². The summed E-state index contributed by atoms with van der Waals surface area (Å²) in [5.41, 5.74) is -3.46. The summed E-state index contributed by atoms with van der Waals surface area (Å²) < 4.78 is 102. The number of fused-ring (bicyclic) bond motifs is 1. The van der Waals surface area contributed by atoms with Gasteiger partial charge in [0.2, 0.25) is 12.7 Å². The van der Waals surface area contributed by atoms with Crippen LogP contribution in [0.5, 0.6) is 11.5 Å². The molecule has 0 fully saturated rings. The van der Waals surface area contributed by atoms with Crippen molar-refractivity contribution in [1.82, 2.24) is 9.80 Å². The Balaban J connectivity index is 1.63.